The Kier molecular flexibility index (Phi) is 4.24. The van der Waals surface area contributed by atoms with Gasteiger partial charge in [0.2, 0.25) is 0 Å². The van der Waals surface area contributed by atoms with Crippen molar-refractivity contribution in [3.63, 3.8) is 0 Å². The third-order valence-electron chi connectivity index (χ3n) is 1.74. The van der Waals surface area contributed by atoms with E-state index in [2.05, 4.69) is 9.73 Å². The summed E-state index contributed by atoms with van der Waals surface area (Å²) >= 11 is 0. The standard InChI is InChI=1S/C9H9F3N2O3/c10-9(11,12)2-1-5-17-8(16)7(15)14-4-3-13-6-14/h1-2,6H,3-5H2/b2-1+. The Labute approximate surface area is 94.6 Å². The largest absolute Gasteiger partial charge is 0.454 e. The number of alkyl halides is 3. The van der Waals surface area contributed by atoms with Gasteiger partial charge in [0.15, 0.2) is 0 Å². The van der Waals surface area contributed by atoms with E-state index >= 15 is 0 Å². The number of amides is 1. The average Bonchev–Trinajstić information content (AvgIpc) is 2.74. The van der Waals surface area contributed by atoms with Crippen LogP contribution in [-0.2, 0) is 14.3 Å². The fraction of sp³-hybridized carbons (Fsp3) is 0.444. The lowest BCUT2D eigenvalue weighted by Crippen LogP contribution is -2.35. The third kappa shape index (κ3) is 4.66. The molecule has 1 aliphatic rings. The van der Waals surface area contributed by atoms with Crippen molar-refractivity contribution in [2.45, 2.75) is 6.18 Å². The number of carbonyl (C=O) groups excluding carboxylic acids is 2. The van der Waals surface area contributed by atoms with Gasteiger partial charge < -0.3 is 4.74 Å². The van der Waals surface area contributed by atoms with Gasteiger partial charge in [0, 0.05) is 12.6 Å². The molecule has 0 bridgehead atoms. The Hall–Kier alpha value is -1.86. The predicted octanol–water partition coefficient (Wildman–Crippen LogP) is 0.519. The summed E-state index contributed by atoms with van der Waals surface area (Å²) in [6, 6.07) is 0. The van der Waals surface area contributed by atoms with E-state index in [1.165, 1.54) is 6.34 Å². The molecule has 1 heterocycles. The molecule has 1 rings (SSSR count). The Balaban J connectivity index is 2.32. The maximum absolute atomic E-state index is 11.7. The normalized spacial score (nSPS) is 15.6. The van der Waals surface area contributed by atoms with E-state index in [0.29, 0.717) is 12.6 Å². The molecule has 0 N–H and O–H groups in total. The van der Waals surface area contributed by atoms with E-state index < -0.39 is 24.7 Å². The van der Waals surface area contributed by atoms with Crippen LogP contribution in [0, 0.1) is 0 Å². The summed E-state index contributed by atoms with van der Waals surface area (Å²) in [7, 11) is 0. The topological polar surface area (TPSA) is 59.0 Å². The minimum atomic E-state index is -4.46. The smallest absolute Gasteiger partial charge is 0.409 e. The maximum Gasteiger partial charge on any atom is 0.409 e. The van der Waals surface area contributed by atoms with Gasteiger partial charge in [-0.15, -0.1) is 0 Å². The molecule has 0 atom stereocenters. The fourth-order valence-corrected chi connectivity index (χ4v) is 1.02. The first kappa shape index (κ1) is 13.2. The number of ether oxygens (including phenoxy) is 1. The number of allylic oxidation sites excluding steroid dienone is 1. The highest BCUT2D eigenvalue weighted by Crippen LogP contribution is 2.15. The molecule has 0 unspecified atom stereocenters. The summed E-state index contributed by atoms with van der Waals surface area (Å²) in [5, 5.41) is 0. The van der Waals surface area contributed by atoms with Crippen molar-refractivity contribution in [3.05, 3.63) is 12.2 Å². The second kappa shape index (κ2) is 5.46. The van der Waals surface area contributed by atoms with Crippen molar-refractivity contribution in [1.82, 2.24) is 4.90 Å². The Morgan fingerprint density at radius 2 is 2.18 bits per heavy atom. The zero-order valence-corrected chi connectivity index (χ0v) is 8.61. The number of hydrogen-bond acceptors (Lipinski definition) is 4. The highest BCUT2D eigenvalue weighted by atomic mass is 19.4. The number of carbonyl (C=O) groups is 2. The Morgan fingerprint density at radius 1 is 1.47 bits per heavy atom. The lowest BCUT2D eigenvalue weighted by atomic mass is 10.5. The first-order chi connectivity index (χ1) is 7.90. The number of esters is 1. The molecule has 5 nitrogen and oxygen atoms in total. The zero-order valence-electron chi connectivity index (χ0n) is 8.61. The van der Waals surface area contributed by atoms with Crippen molar-refractivity contribution in [1.29, 1.82) is 0 Å². The first-order valence-corrected chi connectivity index (χ1v) is 4.62. The zero-order chi connectivity index (χ0) is 12.9. The van der Waals surface area contributed by atoms with Gasteiger partial charge in [-0.25, -0.2) is 4.79 Å². The van der Waals surface area contributed by atoms with E-state index in [-0.39, 0.29) is 12.6 Å². The van der Waals surface area contributed by atoms with Gasteiger partial charge in [-0.1, -0.05) is 0 Å². The van der Waals surface area contributed by atoms with Crippen molar-refractivity contribution in [2.24, 2.45) is 4.99 Å². The van der Waals surface area contributed by atoms with Crippen LogP contribution in [0.15, 0.2) is 17.1 Å². The monoisotopic (exact) mass is 250 g/mol. The molecule has 0 saturated carbocycles. The third-order valence-corrected chi connectivity index (χ3v) is 1.74. The molecule has 0 aliphatic carbocycles. The van der Waals surface area contributed by atoms with Gasteiger partial charge in [0.05, 0.1) is 12.9 Å². The van der Waals surface area contributed by atoms with Crippen LogP contribution in [0.25, 0.3) is 0 Å². The quantitative estimate of drug-likeness (QED) is 0.408. The van der Waals surface area contributed by atoms with Crippen molar-refractivity contribution >= 4 is 18.2 Å². The number of halogens is 3. The van der Waals surface area contributed by atoms with E-state index in [1.54, 1.807) is 0 Å². The van der Waals surface area contributed by atoms with Crippen LogP contribution in [0.5, 0.6) is 0 Å². The lowest BCUT2D eigenvalue weighted by Gasteiger charge is -2.09. The van der Waals surface area contributed by atoms with E-state index in [4.69, 9.17) is 0 Å². The molecule has 94 valence electrons. The molecule has 1 aliphatic heterocycles. The summed E-state index contributed by atoms with van der Waals surface area (Å²) in [6.07, 6.45) is -2.72. The summed E-state index contributed by atoms with van der Waals surface area (Å²) in [4.78, 5) is 27.1. The van der Waals surface area contributed by atoms with Crippen LogP contribution in [0.4, 0.5) is 13.2 Å². The van der Waals surface area contributed by atoms with Crippen LogP contribution in [0.2, 0.25) is 0 Å². The molecular weight excluding hydrogens is 241 g/mol. The highest BCUT2D eigenvalue weighted by Gasteiger charge is 2.24. The molecule has 0 aromatic rings. The molecule has 0 aromatic heterocycles. The molecule has 1 amide bonds. The molecular formula is C9H9F3N2O3. The molecule has 0 radical (unpaired) electrons. The van der Waals surface area contributed by atoms with E-state index in [1.807, 2.05) is 0 Å². The SMILES string of the molecule is O=C(OC/C=C/C(F)(F)F)C(=O)N1C=NCC1. The molecule has 17 heavy (non-hydrogen) atoms. The van der Waals surface area contributed by atoms with Gasteiger partial charge in [-0.2, -0.15) is 13.2 Å². The van der Waals surface area contributed by atoms with Crippen LogP contribution in [0.1, 0.15) is 0 Å². The summed E-state index contributed by atoms with van der Waals surface area (Å²) < 4.78 is 39.3. The van der Waals surface area contributed by atoms with Crippen molar-refractivity contribution in [2.75, 3.05) is 19.7 Å². The van der Waals surface area contributed by atoms with Crippen molar-refractivity contribution < 1.29 is 27.5 Å². The molecule has 8 heteroatoms. The Bertz CT molecular complexity index is 363. The minimum Gasteiger partial charge on any atom is -0.454 e. The Morgan fingerprint density at radius 3 is 2.71 bits per heavy atom. The summed E-state index contributed by atoms with van der Waals surface area (Å²) in [6.45, 7) is 0.0639. The predicted molar refractivity (Wildman–Crippen MR) is 51.2 cm³/mol. The minimum absolute atomic E-state index is 0.0674. The van der Waals surface area contributed by atoms with Gasteiger partial charge in [-0.05, 0) is 6.08 Å². The fourth-order valence-electron chi connectivity index (χ4n) is 1.02. The molecule has 0 saturated heterocycles. The summed E-state index contributed by atoms with van der Waals surface area (Å²) in [5.41, 5.74) is 0. The second-order valence-corrected chi connectivity index (χ2v) is 3.06. The van der Waals surface area contributed by atoms with E-state index in [0.717, 1.165) is 4.90 Å². The number of aliphatic imine (C=N–C) groups is 1. The highest BCUT2D eigenvalue weighted by molar-refractivity contribution is 6.34. The first-order valence-electron chi connectivity index (χ1n) is 4.62. The maximum atomic E-state index is 11.7. The number of hydrogen-bond donors (Lipinski definition) is 0. The van der Waals surface area contributed by atoms with Crippen LogP contribution in [-0.4, -0.2) is 49.0 Å². The van der Waals surface area contributed by atoms with Gasteiger partial charge >= 0.3 is 18.1 Å². The van der Waals surface area contributed by atoms with Gasteiger partial charge in [-0.3, -0.25) is 14.7 Å². The lowest BCUT2D eigenvalue weighted by molar-refractivity contribution is -0.157. The van der Waals surface area contributed by atoms with Crippen LogP contribution >= 0.6 is 0 Å². The van der Waals surface area contributed by atoms with Gasteiger partial charge in [0.1, 0.15) is 6.61 Å². The van der Waals surface area contributed by atoms with Crippen LogP contribution < -0.4 is 0 Å². The number of rotatable bonds is 2. The van der Waals surface area contributed by atoms with Crippen molar-refractivity contribution in [3.8, 4) is 0 Å². The molecule has 0 fully saturated rings. The van der Waals surface area contributed by atoms with Crippen LogP contribution in [0.3, 0.4) is 0 Å². The average molecular weight is 250 g/mol. The second-order valence-electron chi connectivity index (χ2n) is 3.06. The van der Waals surface area contributed by atoms with Gasteiger partial charge in [0.25, 0.3) is 0 Å². The van der Waals surface area contributed by atoms with E-state index in [9.17, 15) is 22.8 Å². The molecule has 0 spiro atoms. The molecule has 0 aromatic carbocycles. The summed E-state index contributed by atoms with van der Waals surface area (Å²) in [5.74, 6) is -2.14. The number of nitrogens with zero attached hydrogens (tertiary/aromatic N) is 2.